The highest BCUT2D eigenvalue weighted by molar-refractivity contribution is 5.03. The van der Waals surface area contributed by atoms with Crippen LogP contribution in [-0.2, 0) is 0 Å². The van der Waals surface area contributed by atoms with Crippen molar-refractivity contribution in [3.63, 3.8) is 0 Å². The summed E-state index contributed by atoms with van der Waals surface area (Å²) in [5.74, 6) is 0. The first-order valence-electron chi connectivity index (χ1n) is 5.46. The highest BCUT2D eigenvalue weighted by atomic mass is 15.2. The summed E-state index contributed by atoms with van der Waals surface area (Å²) in [5.41, 5.74) is 0.567. The molecule has 0 unspecified atom stereocenters. The van der Waals surface area contributed by atoms with Crippen molar-refractivity contribution >= 4 is 0 Å². The van der Waals surface area contributed by atoms with Crippen molar-refractivity contribution in [1.29, 1.82) is 0 Å². The summed E-state index contributed by atoms with van der Waals surface area (Å²) in [6.07, 6.45) is 8.67. The number of rotatable bonds is 6. The average molecular weight is 181 g/mol. The van der Waals surface area contributed by atoms with Gasteiger partial charge in [-0.1, -0.05) is 6.08 Å². The van der Waals surface area contributed by atoms with Gasteiger partial charge in [-0.3, -0.25) is 4.90 Å². The van der Waals surface area contributed by atoms with Crippen LogP contribution in [0.2, 0.25) is 0 Å². The second-order valence-corrected chi connectivity index (χ2v) is 4.61. The minimum atomic E-state index is 0.567. The summed E-state index contributed by atoms with van der Waals surface area (Å²) >= 11 is 0. The summed E-state index contributed by atoms with van der Waals surface area (Å²) in [4.78, 5) is 2.55. The summed E-state index contributed by atoms with van der Waals surface area (Å²) in [6.45, 7) is 8.34. The van der Waals surface area contributed by atoms with Crippen LogP contribution in [0.1, 0.15) is 46.0 Å². The van der Waals surface area contributed by atoms with Crippen LogP contribution < -0.4 is 0 Å². The first-order chi connectivity index (χ1) is 6.12. The van der Waals surface area contributed by atoms with Gasteiger partial charge in [-0.25, -0.2) is 0 Å². The highest BCUT2D eigenvalue weighted by Crippen LogP contribution is 2.45. The van der Waals surface area contributed by atoms with Crippen LogP contribution in [0, 0.1) is 0 Å². The summed E-state index contributed by atoms with van der Waals surface area (Å²) in [7, 11) is 2.27. The van der Waals surface area contributed by atoms with E-state index in [1.165, 1.54) is 32.1 Å². The Balaban J connectivity index is 2.33. The summed E-state index contributed by atoms with van der Waals surface area (Å²) in [5, 5.41) is 0. The molecule has 0 atom stereocenters. The second kappa shape index (κ2) is 4.28. The minimum absolute atomic E-state index is 0.567. The fourth-order valence-electron chi connectivity index (χ4n) is 2.05. The Morgan fingerprint density at radius 3 is 2.46 bits per heavy atom. The van der Waals surface area contributed by atoms with Gasteiger partial charge >= 0.3 is 0 Å². The standard InChI is InChI=1S/C12H23N/c1-5-6-7-8-12(9-10-12)13(4)11(2)3/h5,11H,1,6-10H2,2-4H3. The molecule has 1 saturated carbocycles. The van der Waals surface area contributed by atoms with E-state index in [0.717, 1.165) is 0 Å². The van der Waals surface area contributed by atoms with Gasteiger partial charge in [0.05, 0.1) is 0 Å². The molecule has 1 heteroatoms. The number of unbranched alkanes of at least 4 members (excludes halogenated alkanes) is 1. The maximum absolute atomic E-state index is 3.77. The van der Waals surface area contributed by atoms with Crippen molar-refractivity contribution in [2.45, 2.75) is 57.5 Å². The predicted molar refractivity (Wildman–Crippen MR) is 58.9 cm³/mol. The quantitative estimate of drug-likeness (QED) is 0.449. The van der Waals surface area contributed by atoms with E-state index in [4.69, 9.17) is 0 Å². The minimum Gasteiger partial charge on any atom is -0.298 e. The molecule has 0 bridgehead atoms. The van der Waals surface area contributed by atoms with Gasteiger partial charge in [0.25, 0.3) is 0 Å². The van der Waals surface area contributed by atoms with Crippen LogP contribution in [0.25, 0.3) is 0 Å². The SMILES string of the molecule is C=CCCCC1(N(C)C(C)C)CC1. The number of allylic oxidation sites excluding steroid dienone is 1. The first kappa shape index (κ1) is 10.8. The Hall–Kier alpha value is -0.300. The average Bonchev–Trinajstić information content (AvgIpc) is 2.85. The van der Waals surface area contributed by atoms with Crippen LogP contribution in [-0.4, -0.2) is 23.5 Å². The molecule has 13 heavy (non-hydrogen) atoms. The predicted octanol–water partition coefficient (Wildman–Crippen LogP) is 3.22. The Bertz CT molecular complexity index is 168. The topological polar surface area (TPSA) is 3.24 Å². The molecule has 0 aromatic carbocycles. The van der Waals surface area contributed by atoms with Crippen molar-refractivity contribution in [2.24, 2.45) is 0 Å². The van der Waals surface area contributed by atoms with Gasteiger partial charge < -0.3 is 0 Å². The van der Waals surface area contributed by atoms with Crippen LogP contribution in [0.4, 0.5) is 0 Å². The third kappa shape index (κ3) is 2.57. The van der Waals surface area contributed by atoms with Crippen molar-refractivity contribution in [3.05, 3.63) is 12.7 Å². The van der Waals surface area contributed by atoms with Crippen LogP contribution in [0.5, 0.6) is 0 Å². The van der Waals surface area contributed by atoms with Gasteiger partial charge in [0, 0.05) is 11.6 Å². The van der Waals surface area contributed by atoms with Gasteiger partial charge in [-0.2, -0.15) is 0 Å². The molecule has 0 spiro atoms. The monoisotopic (exact) mass is 181 g/mol. The Morgan fingerprint density at radius 1 is 1.46 bits per heavy atom. The van der Waals surface area contributed by atoms with Crippen molar-refractivity contribution in [2.75, 3.05) is 7.05 Å². The van der Waals surface area contributed by atoms with Gasteiger partial charge in [0.15, 0.2) is 0 Å². The van der Waals surface area contributed by atoms with E-state index < -0.39 is 0 Å². The van der Waals surface area contributed by atoms with E-state index in [9.17, 15) is 0 Å². The number of hydrogen-bond acceptors (Lipinski definition) is 1. The van der Waals surface area contributed by atoms with E-state index >= 15 is 0 Å². The molecule has 1 aliphatic carbocycles. The normalized spacial score (nSPS) is 19.5. The molecule has 0 aliphatic heterocycles. The Morgan fingerprint density at radius 2 is 2.08 bits per heavy atom. The first-order valence-corrected chi connectivity index (χ1v) is 5.46. The molecule has 1 nitrogen and oxygen atoms in total. The lowest BCUT2D eigenvalue weighted by molar-refractivity contribution is 0.164. The molecule has 76 valence electrons. The zero-order chi connectivity index (χ0) is 9.90. The lowest BCUT2D eigenvalue weighted by Gasteiger charge is -2.31. The van der Waals surface area contributed by atoms with Crippen molar-refractivity contribution in [1.82, 2.24) is 4.90 Å². The molecule has 0 N–H and O–H groups in total. The van der Waals surface area contributed by atoms with Gasteiger partial charge in [0.2, 0.25) is 0 Å². The lowest BCUT2D eigenvalue weighted by atomic mass is 10.1. The smallest absolute Gasteiger partial charge is 0.0210 e. The Kier molecular flexibility index (Phi) is 3.55. The fraction of sp³-hybridized carbons (Fsp3) is 0.833. The maximum atomic E-state index is 3.77. The van der Waals surface area contributed by atoms with Crippen LogP contribution in [0.15, 0.2) is 12.7 Å². The molecule has 0 aromatic rings. The van der Waals surface area contributed by atoms with E-state index in [1.54, 1.807) is 0 Å². The van der Waals surface area contributed by atoms with Gasteiger partial charge in [-0.15, -0.1) is 6.58 Å². The van der Waals surface area contributed by atoms with Crippen molar-refractivity contribution < 1.29 is 0 Å². The zero-order valence-electron chi connectivity index (χ0n) is 9.34. The molecular weight excluding hydrogens is 158 g/mol. The molecule has 0 amide bonds. The van der Waals surface area contributed by atoms with Crippen molar-refractivity contribution in [3.8, 4) is 0 Å². The third-order valence-electron chi connectivity index (χ3n) is 3.40. The molecular formula is C12H23N. The zero-order valence-corrected chi connectivity index (χ0v) is 9.34. The van der Waals surface area contributed by atoms with E-state index in [-0.39, 0.29) is 0 Å². The molecule has 1 rings (SSSR count). The van der Waals surface area contributed by atoms with E-state index in [0.29, 0.717) is 11.6 Å². The van der Waals surface area contributed by atoms with Gasteiger partial charge in [0.1, 0.15) is 0 Å². The van der Waals surface area contributed by atoms with E-state index in [2.05, 4.69) is 32.4 Å². The molecule has 0 aromatic heterocycles. The van der Waals surface area contributed by atoms with E-state index in [1.807, 2.05) is 6.08 Å². The van der Waals surface area contributed by atoms with Crippen LogP contribution in [0.3, 0.4) is 0 Å². The lowest BCUT2D eigenvalue weighted by Crippen LogP contribution is -2.38. The maximum Gasteiger partial charge on any atom is 0.0210 e. The van der Waals surface area contributed by atoms with Gasteiger partial charge in [-0.05, 0) is 53.0 Å². The van der Waals surface area contributed by atoms with Crippen LogP contribution >= 0.6 is 0 Å². The highest BCUT2D eigenvalue weighted by Gasteiger charge is 2.45. The number of nitrogens with zero attached hydrogens (tertiary/aromatic N) is 1. The summed E-state index contributed by atoms with van der Waals surface area (Å²) in [6, 6.07) is 0.686. The molecule has 1 aliphatic rings. The molecule has 0 heterocycles. The second-order valence-electron chi connectivity index (χ2n) is 4.61. The third-order valence-corrected chi connectivity index (χ3v) is 3.40. The molecule has 0 radical (unpaired) electrons. The fourth-order valence-corrected chi connectivity index (χ4v) is 2.05. The molecule has 0 saturated heterocycles. The largest absolute Gasteiger partial charge is 0.298 e. The summed E-state index contributed by atoms with van der Waals surface area (Å²) < 4.78 is 0. The number of hydrogen-bond donors (Lipinski definition) is 0. The Labute approximate surface area is 82.8 Å². The molecule has 1 fully saturated rings.